The van der Waals surface area contributed by atoms with E-state index < -0.39 is 6.10 Å². The second-order valence-corrected chi connectivity index (χ2v) is 5.41. The predicted molar refractivity (Wildman–Crippen MR) is 88.8 cm³/mol. The zero-order valence-corrected chi connectivity index (χ0v) is 13.8. The van der Waals surface area contributed by atoms with Crippen LogP contribution in [0.25, 0.3) is 0 Å². The van der Waals surface area contributed by atoms with Crippen LogP contribution in [-0.4, -0.2) is 49.0 Å². The molecule has 1 N–H and O–H groups in total. The van der Waals surface area contributed by atoms with E-state index in [-0.39, 0.29) is 13.2 Å². The monoisotopic (exact) mass is 305 g/mol. The Morgan fingerprint density at radius 2 is 2.18 bits per heavy atom. The first-order valence-electron chi connectivity index (χ1n) is 7.66. The van der Waals surface area contributed by atoms with E-state index in [1.165, 1.54) is 0 Å². The topological polar surface area (TPSA) is 41.9 Å². The van der Waals surface area contributed by atoms with Gasteiger partial charge in [0, 0.05) is 19.1 Å². The van der Waals surface area contributed by atoms with Crippen LogP contribution in [0.3, 0.4) is 0 Å². The second-order valence-electron chi connectivity index (χ2n) is 5.41. The van der Waals surface area contributed by atoms with Crippen molar-refractivity contribution in [3.05, 3.63) is 29.8 Å². The Labute approximate surface area is 134 Å². The van der Waals surface area contributed by atoms with Crippen LogP contribution in [0.1, 0.15) is 25.8 Å². The van der Waals surface area contributed by atoms with Gasteiger partial charge in [0.2, 0.25) is 0 Å². The predicted octanol–water partition coefficient (Wildman–Crippen LogP) is 2.31. The zero-order valence-electron chi connectivity index (χ0n) is 13.8. The molecule has 1 aromatic carbocycles. The number of methoxy groups -OCH3 is 1. The van der Waals surface area contributed by atoms with Gasteiger partial charge in [0.25, 0.3) is 0 Å². The van der Waals surface area contributed by atoms with Gasteiger partial charge in [-0.2, -0.15) is 0 Å². The fourth-order valence-electron chi connectivity index (χ4n) is 2.24. The fourth-order valence-corrected chi connectivity index (χ4v) is 2.24. The van der Waals surface area contributed by atoms with Crippen LogP contribution < -0.4 is 4.74 Å². The third kappa shape index (κ3) is 6.48. The molecule has 1 rings (SSSR count). The summed E-state index contributed by atoms with van der Waals surface area (Å²) in [5, 5.41) is 10.1. The molecule has 0 aromatic heterocycles. The molecule has 0 aliphatic heterocycles. The minimum absolute atomic E-state index is 0.232. The summed E-state index contributed by atoms with van der Waals surface area (Å²) in [6, 6.07) is 8.37. The summed E-state index contributed by atoms with van der Waals surface area (Å²) in [6.07, 6.45) is 5.60. The molecule has 0 heterocycles. The van der Waals surface area contributed by atoms with Crippen LogP contribution in [0.15, 0.2) is 24.3 Å². The average Bonchev–Trinajstić information content (AvgIpc) is 2.54. The molecule has 0 fully saturated rings. The molecule has 4 heteroatoms. The Hall–Kier alpha value is -1.54. The molecule has 0 radical (unpaired) electrons. The van der Waals surface area contributed by atoms with Crippen LogP contribution in [-0.2, 0) is 11.3 Å². The molecule has 0 amide bonds. The maximum Gasteiger partial charge on any atom is 0.119 e. The molecule has 2 atom stereocenters. The van der Waals surface area contributed by atoms with Crippen LogP contribution >= 0.6 is 0 Å². The van der Waals surface area contributed by atoms with Gasteiger partial charge >= 0.3 is 0 Å². The molecule has 1 aromatic rings. The summed E-state index contributed by atoms with van der Waals surface area (Å²) in [7, 11) is 1.66. The first-order chi connectivity index (χ1) is 10.6. The Bertz CT molecular complexity index is 470. The Kier molecular flexibility index (Phi) is 8.61. The number of hydrogen-bond donors (Lipinski definition) is 1. The molecule has 0 saturated heterocycles. The van der Waals surface area contributed by atoms with Crippen LogP contribution in [0.2, 0.25) is 0 Å². The quantitative estimate of drug-likeness (QED) is 0.532. The number of rotatable bonds is 10. The highest BCUT2D eigenvalue weighted by Gasteiger charge is 2.17. The Balaban J connectivity index is 2.65. The lowest BCUT2D eigenvalue weighted by Gasteiger charge is -2.30. The summed E-state index contributed by atoms with van der Waals surface area (Å²) in [6.45, 7) is 6.11. The normalized spacial score (nSPS) is 13.6. The standard InChI is InChI=1S/C18H27NO3/c1-5-10-22-14-17(20)13-19(15(3)6-2)12-16-8-7-9-18(11-16)21-4/h1,7-9,11,15,17,20H,6,10,12-14H2,2-4H3. The highest BCUT2D eigenvalue weighted by atomic mass is 16.5. The van der Waals surface area contributed by atoms with E-state index >= 15 is 0 Å². The van der Waals surface area contributed by atoms with Gasteiger partial charge in [-0.05, 0) is 31.0 Å². The van der Waals surface area contributed by atoms with Crippen molar-refractivity contribution in [2.24, 2.45) is 0 Å². The lowest BCUT2D eigenvalue weighted by Crippen LogP contribution is -2.39. The average molecular weight is 305 g/mol. The van der Waals surface area contributed by atoms with Crippen molar-refractivity contribution >= 4 is 0 Å². The van der Waals surface area contributed by atoms with Crippen molar-refractivity contribution in [2.45, 2.75) is 39.0 Å². The van der Waals surface area contributed by atoms with E-state index in [9.17, 15) is 5.11 Å². The molecule has 4 nitrogen and oxygen atoms in total. The first-order valence-corrected chi connectivity index (χ1v) is 7.66. The fraction of sp³-hybridized carbons (Fsp3) is 0.556. The van der Waals surface area contributed by atoms with Crippen LogP contribution in [0.4, 0.5) is 0 Å². The SMILES string of the molecule is C#CCOCC(O)CN(Cc1cccc(OC)c1)C(C)CC. The minimum atomic E-state index is -0.548. The van der Waals surface area contributed by atoms with Gasteiger partial charge < -0.3 is 14.6 Å². The summed E-state index contributed by atoms with van der Waals surface area (Å²) in [4.78, 5) is 2.25. The van der Waals surface area contributed by atoms with Gasteiger partial charge in [0.1, 0.15) is 12.4 Å². The van der Waals surface area contributed by atoms with Gasteiger partial charge in [-0.25, -0.2) is 0 Å². The molecule has 122 valence electrons. The zero-order chi connectivity index (χ0) is 16.4. The number of aliphatic hydroxyl groups is 1. The first kappa shape index (κ1) is 18.5. The molecule has 0 aliphatic rings. The Morgan fingerprint density at radius 1 is 1.41 bits per heavy atom. The van der Waals surface area contributed by atoms with E-state index in [1.54, 1.807) is 7.11 Å². The van der Waals surface area contributed by atoms with E-state index in [4.69, 9.17) is 15.9 Å². The number of benzene rings is 1. The van der Waals surface area contributed by atoms with Crippen molar-refractivity contribution in [3.8, 4) is 18.1 Å². The number of ether oxygens (including phenoxy) is 2. The van der Waals surface area contributed by atoms with Crippen molar-refractivity contribution in [1.82, 2.24) is 4.90 Å². The third-order valence-electron chi connectivity index (χ3n) is 3.67. The van der Waals surface area contributed by atoms with Gasteiger partial charge in [-0.15, -0.1) is 6.42 Å². The maximum atomic E-state index is 10.1. The summed E-state index contributed by atoms with van der Waals surface area (Å²) >= 11 is 0. The Morgan fingerprint density at radius 3 is 2.82 bits per heavy atom. The lowest BCUT2D eigenvalue weighted by molar-refractivity contribution is 0.0170. The summed E-state index contributed by atoms with van der Waals surface area (Å²) < 4.78 is 10.5. The molecule has 0 spiro atoms. The number of aliphatic hydroxyl groups excluding tert-OH is 1. The van der Waals surface area contributed by atoms with Gasteiger partial charge in [0.15, 0.2) is 0 Å². The van der Waals surface area contributed by atoms with Gasteiger partial charge in [-0.1, -0.05) is 25.0 Å². The largest absolute Gasteiger partial charge is 0.497 e. The second kappa shape index (κ2) is 10.2. The molecule has 22 heavy (non-hydrogen) atoms. The van der Waals surface area contributed by atoms with Crippen molar-refractivity contribution in [1.29, 1.82) is 0 Å². The van der Waals surface area contributed by atoms with Crippen molar-refractivity contribution < 1.29 is 14.6 Å². The van der Waals surface area contributed by atoms with E-state index in [0.717, 1.165) is 24.3 Å². The summed E-state index contributed by atoms with van der Waals surface area (Å²) in [5.74, 6) is 3.25. The van der Waals surface area contributed by atoms with E-state index in [1.807, 2.05) is 18.2 Å². The molecular formula is C18H27NO3. The van der Waals surface area contributed by atoms with E-state index in [0.29, 0.717) is 12.6 Å². The van der Waals surface area contributed by atoms with Gasteiger partial charge in [0.05, 0.1) is 19.8 Å². The number of nitrogens with zero attached hydrogens (tertiary/aromatic N) is 1. The molecule has 0 bridgehead atoms. The number of hydrogen-bond acceptors (Lipinski definition) is 4. The minimum Gasteiger partial charge on any atom is -0.497 e. The number of terminal acetylenes is 1. The van der Waals surface area contributed by atoms with Crippen molar-refractivity contribution in [2.75, 3.05) is 26.9 Å². The van der Waals surface area contributed by atoms with Gasteiger partial charge in [-0.3, -0.25) is 4.90 Å². The highest BCUT2D eigenvalue weighted by Crippen LogP contribution is 2.16. The molecule has 0 saturated carbocycles. The highest BCUT2D eigenvalue weighted by molar-refractivity contribution is 5.28. The molecule has 0 aliphatic carbocycles. The smallest absolute Gasteiger partial charge is 0.119 e. The van der Waals surface area contributed by atoms with E-state index in [2.05, 4.69) is 30.7 Å². The third-order valence-corrected chi connectivity index (χ3v) is 3.67. The summed E-state index contributed by atoms with van der Waals surface area (Å²) in [5.41, 5.74) is 1.16. The lowest BCUT2D eigenvalue weighted by atomic mass is 10.1. The van der Waals surface area contributed by atoms with Crippen LogP contribution in [0.5, 0.6) is 5.75 Å². The molecule has 2 unspecified atom stereocenters. The van der Waals surface area contributed by atoms with Crippen LogP contribution in [0, 0.1) is 12.3 Å². The molecular weight excluding hydrogens is 278 g/mol. The van der Waals surface area contributed by atoms with Crippen molar-refractivity contribution in [3.63, 3.8) is 0 Å². The maximum absolute atomic E-state index is 10.1.